The molecule has 3 rings (SSSR count). The van der Waals surface area contributed by atoms with E-state index in [1.807, 2.05) is 6.92 Å². The van der Waals surface area contributed by atoms with Crippen molar-refractivity contribution >= 4 is 27.3 Å². The van der Waals surface area contributed by atoms with Crippen molar-refractivity contribution in [3.05, 3.63) is 41.6 Å². The molecule has 1 atom stereocenters. The number of hydrogen-bond acceptors (Lipinski definition) is 7. The van der Waals surface area contributed by atoms with Crippen molar-refractivity contribution < 1.29 is 13.2 Å². The molecule has 1 saturated heterocycles. The summed E-state index contributed by atoms with van der Waals surface area (Å²) in [5.74, 6) is 0.605. The van der Waals surface area contributed by atoms with Gasteiger partial charge in [0.15, 0.2) is 9.84 Å². The van der Waals surface area contributed by atoms with E-state index in [1.165, 1.54) is 24.5 Å². The zero-order valence-electron chi connectivity index (χ0n) is 14.9. The maximum atomic E-state index is 13.2. The molecule has 9 heteroatoms. The smallest absolute Gasteiger partial charge is 0.224 e. The van der Waals surface area contributed by atoms with Crippen LogP contribution in [0.2, 0.25) is 5.28 Å². The molecular formula is C17H21ClN4O3S. The molecule has 1 aliphatic heterocycles. The number of ether oxygens (including phenoxy) is 1. The lowest BCUT2D eigenvalue weighted by Gasteiger charge is -2.35. The fraction of sp³-hybridized carbons (Fsp3) is 0.471. The Bertz CT molecular complexity index is 890. The van der Waals surface area contributed by atoms with Crippen molar-refractivity contribution in [2.24, 2.45) is 0 Å². The fourth-order valence-electron chi connectivity index (χ4n) is 2.88. The van der Waals surface area contributed by atoms with Gasteiger partial charge in [0, 0.05) is 25.0 Å². The molecule has 7 nitrogen and oxygen atoms in total. The number of morpholine rings is 1. The Morgan fingerprint density at radius 2 is 1.96 bits per heavy atom. The summed E-state index contributed by atoms with van der Waals surface area (Å²) in [7, 11) is -3.70. The summed E-state index contributed by atoms with van der Waals surface area (Å²) in [6.07, 6.45) is 2.91. The molecule has 2 aromatic rings. The number of halogens is 1. The van der Waals surface area contributed by atoms with E-state index in [4.69, 9.17) is 16.3 Å². The Morgan fingerprint density at radius 1 is 1.27 bits per heavy atom. The largest absolute Gasteiger partial charge is 0.377 e. The van der Waals surface area contributed by atoms with Gasteiger partial charge in [-0.05, 0) is 44.5 Å². The monoisotopic (exact) mass is 396 g/mol. The summed E-state index contributed by atoms with van der Waals surface area (Å²) in [4.78, 5) is 14.6. The standard InChI is InChI=1S/C17H21ClN4O3S/c1-12-11-25-9-8-22(12)15-10-14(20-16(18)21-15)17(2,3)26(23,24)13-4-6-19-7-5-13/h4-7,10,12H,8-9,11H2,1-3H3. The van der Waals surface area contributed by atoms with Crippen molar-refractivity contribution in [1.29, 1.82) is 0 Å². The van der Waals surface area contributed by atoms with Crippen LogP contribution < -0.4 is 4.90 Å². The van der Waals surface area contributed by atoms with Gasteiger partial charge in [-0.15, -0.1) is 0 Å². The minimum Gasteiger partial charge on any atom is -0.377 e. The van der Waals surface area contributed by atoms with Crippen LogP contribution in [-0.2, 0) is 19.3 Å². The third kappa shape index (κ3) is 3.41. The van der Waals surface area contributed by atoms with Crippen molar-refractivity contribution in [3.63, 3.8) is 0 Å². The van der Waals surface area contributed by atoms with Gasteiger partial charge < -0.3 is 9.64 Å². The highest BCUT2D eigenvalue weighted by Crippen LogP contribution is 2.35. The second-order valence-electron chi connectivity index (χ2n) is 6.69. The van der Waals surface area contributed by atoms with E-state index in [2.05, 4.69) is 19.9 Å². The van der Waals surface area contributed by atoms with E-state index in [9.17, 15) is 8.42 Å². The Morgan fingerprint density at radius 3 is 2.62 bits per heavy atom. The molecule has 1 unspecified atom stereocenters. The predicted molar refractivity (Wildman–Crippen MR) is 99.1 cm³/mol. The first-order chi connectivity index (χ1) is 12.2. The van der Waals surface area contributed by atoms with Crippen molar-refractivity contribution in [2.75, 3.05) is 24.7 Å². The van der Waals surface area contributed by atoms with Crippen LogP contribution in [0.1, 0.15) is 26.5 Å². The van der Waals surface area contributed by atoms with Crippen molar-refractivity contribution in [1.82, 2.24) is 15.0 Å². The summed E-state index contributed by atoms with van der Waals surface area (Å²) < 4.78 is 30.5. The number of pyridine rings is 1. The van der Waals surface area contributed by atoms with Crippen LogP contribution in [0.4, 0.5) is 5.82 Å². The lowest BCUT2D eigenvalue weighted by Crippen LogP contribution is -2.44. The third-order valence-electron chi connectivity index (χ3n) is 4.60. The van der Waals surface area contributed by atoms with E-state index in [-0.39, 0.29) is 16.2 Å². The highest BCUT2D eigenvalue weighted by atomic mass is 35.5. The number of sulfone groups is 1. The van der Waals surface area contributed by atoms with E-state index in [0.717, 1.165) is 0 Å². The lowest BCUT2D eigenvalue weighted by molar-refractivity contribution is 0.0985. The average molecular weight is 397 g/mol. The van der Waals surface area contributed by atoms with Crippen LogP contribution in [0, 0.1) is 0 Å². The maximum absolute atomic E-state index is 13.2. The number of anilines is 1. The summed E-state index contributed by atoms with van der Waals surface area (Å²) >= 11 is 6.13. The quantitative estimate of drug-likeness (QED) is 0.733. The topological polar surface area (TPSA) is 85.3 Å². The minimum absolute atomic E-state index is 0.0224. The molecule has 0 radical (unpaired) electrons. The Hall–Kier alpha value is -1.77. The zero-order valence-corrected chi connectivity index (χ0v) is 16.5. The summed E-state index contributed by atoms with van der Waals surface area (Å²) in [5.41, 5.74) is 0.350. The minimum atomic E-state index is -3.70. The number of rotatable bonds is 4. The average Bonchev–Trinajstić information content (AvgIpc) is 2.62. The third-order valence-corrected chi connectivity index (χ3v) is 7.21. The molecule has 0 N–H and O–H groups in total. The molecule has 0 aliphatic carbocycles. The molecule has 1 fully saturated rings. The Balaban J connectivity index is 2.05. The van der Waals surface area contributed by atoms with Crippen LogP contribution >= 0.6 is 11.6 Å². The zero-order chi connectivity index (χ0) is 18.9. The van der Waals surface area contributed by atoms with Gasteiger partial charge in [0.1, 0.15) is 10.6 Å². The Kier molecular flexibility index (Phi) is 5.18. The van der Waals surface area contributed by atoms with Crippen LogP contribution in [0.3, 0.4) is 0 Å². The molecule has 3 heterocycles. The Labute approximate surface area is 158 Å². The number of nitrogens with zero attached hydrogens (tertiary/aromatic N) is 4. The molecule has 140 valence electrons. The van der Waals surface area contributed by atoms with E-state index in [1.54, 1.807) is 19.9 Å². The van der Waals surface area contributed by atoms with Crippen LogP contribution in [0.5, 0.6) is 0 Å². The number of hydrogen-bond donors (Lipinski definition) is 0. The SMILES string of the molecule is CC1COCCN1c1cc(C(C)(C)S(=O)(=O)c2ccncc2)nc(Cl)n1. The first kappa shape index (κ1) is 19.0. The van der Waals surface area contributed by atoms with Gasteiger partial charge in [-0.25, -0.2) is 18.4 Å². The fourth-order valence-corrected chi connectivity index (χ4v) is 4.51. The van der Waals surface area contributed by atoms with Gasteiger partial charge in [0.05, 0.1) is 29.8 Å². The summed E-state index contributed by atoms with van der Waals surface area (Å²) in [5, 5.41) is 0.0224. The van der Waals surface area contributed by atoms with Gasteiger partial charge in [-0.3, -0.25) is 4.98 Å². The van der Waals surface area contributed by atoms with E-state index < -0.39 is 14.6 Å². The highest BCUT2D eigenvalue weighted by molar-refractivity contribution is 7.92. The van der Waals surface area contributed by atoms with E-state index in [0.29, 0.717) is 31.3 Å². The first-order valence-electron chi connectivity index (χ1n) is 8.27. The van der Waals surface area contributed by atoms with Crippen LogP contribution in [-0.4, -0.2) is 49.2 Å². The van der Waals surface area contributed by atoms with Gasteiger partial charge in [0.2, 0.25) is 5.28 Å². The molecule has 0 bridgehead atoms. The second kappa shape index (κ2) is 7.09. The van der Waals surface area contributed by atoms with Crippen LogP contribution in [0.15, 0.2) is 35.5 Å². The normalized spacial score (nSPS) is 18.8. The van der Waals surface area contributed by atoms with Gasteiger partial charge in [-0.2, -0.15) is 0 Å². The molecule has 0 amide bonds. The van der Waals surface area contributed by atoms with Gasteiger partial charge in [0.25, 0.3) is 0 Å². The molecule has 2 aromatic heterocycles. The highest BCUT2D eigenvalue weighted by Gasteiger charge is 2.40. The molecule has 0 aromatic carbocycles. The summed E-state index contributed by atoms with van der Waals surface area (Å²) in [6, 6.07) is 4.77. The second-order valence-corrected chi connectivity index (χ2v) is 9.53. The lowest BCUT2D eigenvalue weighted by atomic mass is 10.1. The molecule has 0 saturated carbocycles. The first-order valence-corrected chi connectivity index (χ1v) is 10.1. The predicted octanol–water partition coefficient (Wildman–Crippen LogP) is 2.46. The van der Waals surface area contributed by atoms with Gasteiger partial charge >= 0.3 is 0 Å². The van der Waals surface area contributed by atoms with Crippen molar-refractivity contribution in [2.45, 2.75) is 36.5 Å². The molecule has 26 heavy (non-hydrogen) atoms. The molecule has 1 aliphatic rings. The van der Waals surface area contributed by atoms with E-state index >= 15 is 0 Å². The molecule has 0 spiro atoms. The van der Waals surface area contributed by atoms with Gasteiger partial charge in [-0.1, -0.05) is 0 Å². The number of aromatic nitrogens is 3. The van der Waals surface area contributed by atoms with Crippen LogP contribution in [0.25, 0.3) is 0 Å². The molecular weight excluding hydrogens is 376 g/mol. The summed E-state index contributed by atoms with van der Waals surface area (Å²) in [6.45, 7) is 7.08. The maximum Gasteiger partial charge on any atom is 0.224 e. The van der Waals surface area contributed by atoms with Crippen molar-refractivity contribution in [3.8, 4) is 0 Å².